The normalized spacial score (nSPS) is 10.1. The van der Waals surface area contributed by atoms with E-state index < -0.39 is 4.92 Å². The van der Waals surface area contributed by atoms with Crippen molar-refractivity contribution >= 4 is 11.6 Å². The summed E-state index contributed by atoms with van der Waals surface area (Å²) in [4.78, 5) is 33.2. The second kappa shape index (κ2) is 6.42. The monoisotopic (exact) mass is 288 g/mol. The minimum absolute atomic E-state index is 0.0772. The number of nitro benzene ring substituents is 1. The van der Waals surface area contributed by atoms with Crippen molar-refractivity contribution in [3.05, 3.63) is 68.6 Å². The van der Waals surface area contributed by atoms with Crippen LogP contribution in [0.3, 0.4) is 0 Å². The van der Waals surface area contributed by atoms with Gasteiger partial charge >= 0.3 is 0 Å². The molecule has 0 spiro atoms. The molecule has 108 valence electrons. The number of carbonyl (C=O) groups excluding carboxylic acids is 1. The fourth-order valence-electron chi connectivity index (χ4n) is 1.67. The Bertz CT molecular complexity index is 709. The number of hydrogen-bond acceptors (Lipinski definition) is 5. The molecule has 0 fully saturated rings. The molecule has 0 bridgehead atoms. The van der Waals surface area contributed by atoms with Crippen LogP contribution >= 0.6 is 0 Å². The van der Waals surface area contributed by atoms with Gasteiger partial charge < -0.3 is 5.32 Å². The molecule has 1 aromatic carbocycles. The number of amides is 1. The molecule has 0 saturated heterocycles. The van der Waals surface area contributed by atoms with Crippen LogP contribution in [0.15, 0.2) is 47.4 Å². The highest BCUT2D eigenvalue weighted by Gasteiger charge is 2.09. The molecule has 2 rings (SSSR count). The van der Waals surface area contributed by atoms with Crippen LogP contribution in [0, 0.1) is 10.1 Å². The molecule has 21 heavy (non-hydrogen) atoms. The Kier molecular flexibility index (Phi) is 4.39. The molecule has 1 heterocycles. The van der Waals surface area contributed by atoms with E-state index in [0.717, 1.165) is 0 Å². The second-order valence-corrected chi connectivity index (χ2v) is 4.14. The van der Waals surface area contributed by atoms with E-state index in [1.807, 2.05) is 0 Å². The van der Waals surface area contributed by atoms with Crippen LogP contribution in [-0.2, 0) is 6.54 Å². The van der Waals surface area contributed by atoms with Crippen LogP contribution in [0.5, 0.6) is 0 Å². The third-order valence-corrected chi connectivity index (χ3v) is 2.73. The van der Waals surface area contributed by atoms with Gasteiger partial charge in [-0.25, -0.2) is 4.68 Å². The Balaban J connectivity index is 1.91. The number of non-ortho nitro benzene ring substituents is 1. The fraction of sp³-hybridized carbons (Fsp3) is 0.154. The van der Waals surface area contributed by atoms with Crippen LogP contribution in [0.4, 0.5) is 5.69 Å². The zero-order valence-corrected chi connectivity index (χ0v) is 10.9. The second-order valence-electron chi connectivity index (χ2n) is 4.14. The molecular weight excluding hydrogens is 276 g/mol. The van der Waals surface area contributed by atoms with E-state index in [9.17, 15) is 19.7 Å². The lowest BCUT2D eigenvalue weighted by molar-refractivity contribution is -0.384. The number of carbonyl (C=O) groups is 1. The maximum atomic E-state index is 11.8. The zero-order valence-electron chi connectivity index (χ0n) is 10.9. The summed E-state index contributed by atoms with van der Waals surface area (Å²) in [6.45, 7) is 0.477. The van der Waals surface area contributed by atoms with Gasteiger partial charge in [0, 0.05) is 36.5 Å². The minimum atomic E-state index is -0.533. The molecule has 0 unspecified atom stereocenters. The summed E-state index contributed by atoms with van der Waals surface area (Å²) in [5, 5.41) is 17.0. The lowest BCUT2D eigenvalue weighted by Gasteiger charge is -2.06. The average molecular weight is 288 g/mol. The van der Waals surface area contributed by atoms with Gasteiger partial charge in [-0.1, -0.05) is 0 Å². The standard InChI is InChI=1S/C13H12N4O4/c18-12-2-1-7-15-16(12)9-8-14-13(19)10-3-5-11(6-4-10)17(20)21/h1-7H,8-9H2,(H,14,19). The van der Waals surface area contributed by atoms with E-state index in [-0.39, 0.29) is 30.2 Å². The van der Waals surface area contributed by atoms with Crippen molar-refractivity contribution in [3.8, 4) is 0 Å². The number of hydrogen-bond donors (Lipinski definition) is 1. The molecule has 2 aromatic rings. The Morgan fingerprint density at radius 3 is 2.62 bits per heavy atom. The summed E-state index contributed by atoms with van der Waals surface area (Å²) in [5.41, 5.74) is -0.0114. The van der Waals surface area contributed by atoms with Gasteiger partial charge in [-0.2, -0.15) is 5.10 Å². The molecule has 0 radical (unpaired) electrons. The number of benzene rings is 1. The first-order valence-electron chi connectivity index (χ1n) is 6.13. The van der Waals surface area contributed by atoms with Crippen LogP contribution < -0.4 is 10.9 Å². The molecule has 0 aliphatic rings. The molecular formula is C13H12N4O4. The fourth-order valence-corrected chi connectivity index (χ4v) is 1.67. The third-order valence-electron chi connectivity index (χ3n) is 2.73. The summed E-state index contributed by atoms with van der Waals surface area (Å²) in [6.07, 6.45) is 1.49. The summed E-state index contributed by atoms with van der Waals surface area (Å²) in [5.74, 6) is -0.367. The molecule has 0 aliphatic carbocycles. The highest BCUT2D eigenvalue weighted by Crippen LogP contribution is 2.11. The van der Waals surface area contributed by atoms with Crippen LogP contribution in [-0.4, -0.2) is 27.2 Å². The first-order chi connectivity index (χ1) is 10.1. The maximum Gasteiger partial charge on any atom is 0.269 e. The van der Waals surface area contributed by atoms with Gasteiger partial charge in [0.1, 0.15) is 0 Å². The van der Waals surface area contributed by atoms with Crippen molar-refractivity contribution in [3.63, 3.8) is 0 Å². The largest absolute Gasteiger partial charge is 0.350 e. The molecule has 1 aromatic heterocycles. The van der Waals surface area contributed by atoms with Crippen molar-refractivity contribution < 1.29 is 9.72 Å². The number of rotatable bonds is 5. The van der Waals surface area contributed by atoms with Crippen molar-refractivity contribution in [1.82, 2.24) is 15.1 Å². The maximum absolute atomic E-state index is 11.8. The van der Waals surface area contributed by atoms with Gasteiger partial charge in [0.2, 0.25) is 0 Å². The Hall–Kier alpha value is -3.03. The average Bonchev–Trinajstić information content (AvgIpc) is 2.49. The van der Waals surface area contributed by atoms with Gasteiger partial charge in [-0.15, -0.1) is 0 Å². The highest BCUT2D eigenvalue weighted by molar-refractivity contribution is 5.94. The molecule has 0 saturated carbocycles. The number of aromatic nitrogens is 2. The topological polar surface area (TPSA) is 107 Å². The van der Waals surface area contributed by atoms with Crippen molar-refractivity contribution in [2.75, 3.05) is 6.54 Å². The lowest BCUT2D eigenvalue weighted by atomic mass is 10.2. The molecule has 0 aliphatic heterocycles. The lowest BCUT2D eigenvalue weighted by Crippen LogP contribution is -2.31. The molecule has 1 amide bonds. The number of nitrogens with one attached hydrogen (secondary N) is 1. The number of nitrogens with zero attached hydrogens (tertiary/aromatic N) is 3. The Labute approximate surface area is 119 Å². The van der Waals surface area contributed by atoms with Gasteiger partial charge in [-0.3, -0.25) is 19.7 Å². The van der Waals surface area contributed by atoms with Crippen molar-refractivity contribution in [2.24, 2.45) is 0 Å². The first kappa shape index (κ1) is 14.4. The minimum Gasteiger partial charge on any atom is -0.350 e. The van der Waals surface area contributed by atoms with Crippen LogP contribution in [0.2, 0.25) is 0 Å². The van der Waals surface area contributed by atoms with E-state index in [2.05, 4.69) is 10.4 Å². The SMILES string of the molecule is O=C(NCCn1ncccc1=O)c1ccc([N+](=O)[O-])cc1. The molecule has 8 nitrogen and oxygen atoms in total. The highest BCUT2D eigenvalue weighted by atomic mass is 16.6. The summed E-state index contributed by atoms with van der Waals surface area (Å²) < 4.78 is 1.23. The van der Waals surface area contributed by atoms with Crippen LogP contribution in [0.1, 0.15) is 10.4 Å². The smallest absolute Gasteiger partial charge is 0.269 e. The van der Waals surface area contributed by atoms with E-state index in [1.54, 1.807) is 0 Å². The Morgan fingerprint density at radius 1 is 1.29 bits per heavy atom. The molecule has 8 heteroatoms. The van der Waals surface area contributed by atoms with E-state index in [1.165, 1.54) is 47.3 Å². The molecule has 0 atom stereocenters. The quantitative estimate of drug-likeness (QED) is 0.639. The first-order valence-corrected chi connectivity index (χ1v) is 6.13. The molecule has 1 N–H and O–H groups in total. The van der Waals surface area contributed by atoms with Crippen molar-refractivity contribution in [1.29, 1.82) is 0 Å². The van der Waals surface area contributed by atoms with E-state index in [4.69, 9.17) is 0 Å². The summed E-state index contributed by atoms with van der Waals surface area (Å²) in [6, 6.07) is 8.19. The predicted octanol–water partition coefficient (Wildman–Crippen LogP) is 0.581. The van der Waals surface area contributed by atoms with Gasteiger partial charge in [0.05, 0.1) is 11.5 Å². The van der Waals surface area contributed by atoms with Crippen molar-refractivity contribution in [2.45, 2.75) is 6.54 Å². The summed E-state index contributed by atoms with van der Waals surface area (Å²) >= 11 is 0. The van der Waals surface area contributed by atoms with E-state index in [0.29, 0.717) is 5.56 Å². The van der Waals surface area contributed by atoms with Gasteiger partial charge in [0.15, 0.2) is 0 Å². The van der Waals surface area contributed by atoms with Crippen LogP contribution in [0.25, 0.3) is 0 Å². The van der Waals surface area contributed by atoms with E-state index >= 15 is 0 Å². The van der Waals surface area contributed by atoms with Gasteiger partial charge in [0.25, 0.3) is 17.2 Å². The third kappa shape index (κ3) is 3.72. The van der Waals surface area contributed by atoms with Gasteiger partial charge in [-0.05, 0) is 18.2 Å². The predicted molar refractivity (Wildman–Crippen MR) is 73.9 cm³/mol. The Morgan fingerprint density at radius 2 is 2.00 bits per heavy atom. The number of nitro groups is 1. The zero-order chi connectivity index (χ0) is 15.2. The summed E-state index contributed by atoms with van der Waals surface area (Å²) in [7, 11) is 0.